The fourth-order valence-electron chi connectivity index (χ4n) is 2.16. The van der Waals surface area contributed by atoms with Gasteiger partial charge in [0.15, 0.2) is 0 Å². The van der Waals surface area contributed by atoms with Crippen LogP contribution >= 0.6 is 0 Å². The lowest BCUT2D eigenvalue weighted by molar-refractivity contribution is -0.138. The fraction of sp³-hybridized carbons (Fsp3) is 0.263. The minimum absolute atomic E-state index is 0.00394. The zero-order valence-electron chi connectivity index (χ0n) is 14.0. The molecule has 0 saturated carbocycles. The summed E-state index contributed by atoms with van der Waals surface area (Å²) in [5.74, 6) is 0.996. The molecule has 0 fully saturated rings. The molecule has 0 bridgehead atoms. The normalized spacial score (nSPS) is 10.1. The largest absolute Gasteiger partial charge is 0.497 e. The van der Waals surface area contributed by atoms with Crippen molar-refractivity contribution >= 4 is 11.9 Å². The molecule has 0 aliphatic rings. The molecule has 0 saturated heterocycles. The Bertz CT molecular complexity index is 695. The van der Waals surface area contributed by atoms with Gasteiger partial charge in [0, 0.05) is 13.0 Å². The van der Waals surface area contributed by atoms with Gasteiger partial charge >= 0.3 is 5.97 Å². The molecular weight excluding hydrogens is 322 g/mol. The molecule has 1 amide bonds. The standard InChI is InChI=1S/C19H21NO5/c1-24-15-6-8-17(9-7-15)25-16-4-2-14(3-5-16)12-13-20-18(21)10-11-19(22)23/h2-9H,10-13H2,1H3,(H,20,21)(H,22,23). The second kappa shape index (κ2) is 9.32. The van der Waals surface area contributed by atoms with E-state index in [1.54, 1.807) is 7.11 Å². The second-order valence-corrected chi connectivity index (χ2v) is 5.42. The molecule has 132 valence electrons. The summed E-state index contributed by atoms with van der Waals surface area (Å²) in [7, 11) is 1.61. The van der Waals surface area contributed by atoms with Crippen molar-refractivity contribution < 1.29 is 24.2 Å². The number of aliphatic carboxylic acids is 1. The zero-order valence-corrected chi connectivity index (χ0v) is 14.0. The minimum Gasteiger partial charge on any atom is -0.497 e. The molecule has 6 heteroatoms. The smallest absolute Gasteiger partial charge is 0.303 e. The van der Waals surface area contributed by atoms with Gasteiger partial charge in [-0.25, -0.2) is 0 Å². The van der Waals surface area contributed by atoms with Gasteiger partial charge in [0.25, 0.3) is 0 Å². The minimum atomic E-state index is -0.970. The van der Waals surface area contributed by atoms with Gasteiger partial charge in [0.05, 0.1) is 13.5 Å². The van der Waals surface area contributed by atoms with E-state index in [9.17, 15) is 9.59 Å². The number of carboxylic acid groups (broad SMARTS) is 1. The Balaban J connectivity index is 1.77. The van der Waals surface area contributed by atoms with Crippen LogP contribution in [0.4, 0.5) is 0 Å². The first kappa shape index (κ1) is 18.3. The van der Waals surface area contributed by atoms with Crippen molar-refractivity contribution in [2.45, 2.75) is 19.3 Å². The van der Waals surface area contributed by atoms with Crippen molar-refractivity contribution in [2.75, 3.05) is 13.7 Å². The lowest BCUT2D eigenvalue weighted by Gasteiger charge is -2.08. The molecule has 6 nitrogen and oxygen atoms in total. The summed E-state index contributed by atoms with van der Waals surface area (Å²) in [6, 6.07) is 14.9. The highest BCUT2D eigenvalue weighted by molar-refractivity contribution is 5.80. The number of methoxy groups -OCH3 is 1. The molecule has 0 spiro atoms. The number of hydrogen-bond donors (Lipinski definition) is 2. The molecular formula is C19H21NO5. The summed E-state index contributed by atoms with van der Waals surface area (Å²) in [6.45, 7) is 0.469. The molecule has 0 heterocycles. The van der Waals surface area contributed by atoms with Crippen LogP contribution in [0.2, 0.25) is 0 Å². The molecule has 25 heavy (non-hydrogen) atoms. The van der Waals surface area contributed by atoms with Gasteiger partial charge in [0.1, 0.15) is 17.2 Å². The zero-order chi connectivity index (χ0) is 18.1. The van der Waals surface area contributed by atoms with Gasteiger partial charge < -0.3 is 19.9 Å². The maximum absolute atomic E-state index is 11.4. The van der Waals surface area contributed by atoms with Crippen molar-refractivity contribution in [3.8, 4) is 17.2 Å². The summed E-state index contributed by atoms with van der Waals surface area (Å²) in [5.41, 5.74) is 1.06. The first-order chi connectivity index (χ1) is 12.1. The third-order valence-corrected chi connectivity index (χ3v) is 3.52. The van der Waals surface area contributed by atoms with Gasteiger partial charge in [-0.1, -0.05) is 12.1 Å². The summed E-state index contributed by atoms with van der Waals surface area (Å²) >= 11 is 0. The molecule has 0 aliphatic carbocycles. The predicted molar refractivity (Wildman–Crippen MR) is 93.1 cm³/mol. The molecule has 2 rings (SSSR count). The third kappa shape index (κ3) is 6.55. The Hall–Kier alpha value is -3.02. The quantitative estimate of drug-likeness (QED) is 0.731. The van der Waals surface area contributed by atoms with E-state index in [0.717, 1.165) is 22.8 Å². The summed E-state index contributed by atoms with van der Waals surface area (Å²) in [6.07, 6.45) is 0.523. The van der Waals surface area contributed by atoms with E-state index < -0.39 is 5.97 Å². The number of carbonyl (C=O) groups excluding carboxylic acids is 1. The van der Waals surface area contributed by atoms with E-state index in [1.807, 2.05) is 48.5 Å². The maximum atomic E-state index is 11.4. The van der Waals surface area contributed by atoms with Crippen LogP contribution < -0.4 is 14.8 Å². The van der Waals surface area contributed by atoms with Crippen LogP contribution in [0.3, 0.4) is 0 Å². The predicted octanol–water partition coefficient (Wildman–Crippen LogP) is 3.01. The van der Waals surface area contributed by atoms with Crippen molar-refractivity contribution in [1.82, 2.24) is 5.32 Å². The van der Waals surface area contributed by atoms with Gasteiger partial charge in [0.2, 0.25) is 5.91 Å². The number of carbonyl (C=O) groups is 2. The van der Waals surface area contributed by atoms with E-state index >= 15 is 0 Å². The van der Waals surface area contributed by atoms with E-state index in [-0.39, 0.29) is 18.7 Å². The van der Waals surface area contributed by atoms with Gasteiger partial charge in [-0.05, 0) is 48.4 Å². The lowest BCUT2D eigenvalue weighted by Crippen LogP contribution is -2.25. The summed E-state index contributed by atoms with van der Waals surface area (Å²) in [4.78, 5) is 21.8. The average Bonchev–Trinajstić information content (AvgIpc) is 2.62. The molecule has 0 aliphatic heterocycles. The van der Waals surface area contributed by atoms with Crippen LogP contribution in [-0.2, 0) is 16.0 Å². The van der Waals surface area contributed by atoms with E-state index in [2.05, 4.69) is 5.32 Å². The number of carboxylic acids is 1. The van der Waals surface area contributed by atoms with Crippen molar-refractivity contribution in [1.29, 1.82) is 0 Å². The van der Waals surface area contributed by atoms with Gasteiger partial charge in [-0.2, -0.15) is 0 Å². The Morgan fingerprint density at radius 1 is 0.920 bits per heavy atom. The highest BCUT2D eigenvalue weighted by atomic mass is 16.5. The molecule has 0 radical (unpaired) electrons. The first-order valence-electron chi connectivity index (χ1n) is 7.96. The van der Waals surface area contributed by atoms with Crippen molar-refractivity contribution in [3.63, 3.8) is 0 Å². The van der Waals surface area contributed by atoms with Crippen LogP contribution in [0.5, 0.6) is 17.2 Å². The molecule has 0 aromatic heterocycles. The number of hydrogen-bond acceptors (Lipinski definition) is 4. The number of rotatable bonds is 9. The van der Waals surface area contributed by atoms with E-state index in [1.165, 1.54) is 0 Å². The summed E-state index contributed by atoms with van der Waals surface area (Å²) < 4.78 is 10.9. The van der Waals surface area contributed by atoms with Crippen LogP contribution in [0.25, 0.3) is 0 Å². The fourth-order valence-corrected chi connectivity index (χ4v) is 2.16. The summed E-state index contributed by atoms with van der Waals surface area (Å²) in [5, 5.41) is 11.2. The Labute approximate surface area is 146 Å². The first-order valence-corrected chi connectivity index (χ1v) is 7.96. The Kier molecular flexibility index (Phi) is 6.83. The molecule has 2 aromatic rings. The molecule has 0 atom stereocenters. The Morgan fingerprint density at radius 2 is 1.48 bits per heavy atom. The topological polar surface area (TPSA) is 84.9 Å². The number of ether oxygens (including phenoxy) is 2. The average molecular weight is 343 g/mol. The number of benzene rings is 2. The van der Waals surface area contributed by atoms with Crippen LogP contribution in [0.1, 0.15) is 18.4 Å². The molecule has 2 N–H and O–H groups in total. The van der Waals surface area contributed by atoms with E-state index in [4.69, 9.17) is 14.6 Å². The van der Waals surface area contributed by atoms with Crippen molar-refractivity contribution in [3.05, 3.63) is 54.1 Å². The third-order valence-electron chi connectivity index (χ3n) is 3.52. The molecule has 2 aromatic carbocycles. The van der Waals surface area contributed by atoms with Crippen LogP contribution in [0, 0.1) is 0 Å². The van der Waals surface area contributed by atoms with Crippen molar-refractivity contribution in [2.24, 2.45) is 0 Å². The SMILES string of the molecule is COc1ccc(Oc2ccc(CCNC(=O)CCC(=O)O)cc2)cc1. The van der Waals surface area contributed by atoms with Gasteiger partial charge in [-0.3, -0.25) is 9.59 Å². The van der Waals surface area contributed by atoms with Crippen LogP contribution in [0.15, 0.2) is 48.5 Å². The Morgan fingerprint density at radius 3 is 2.04 bits per heavy atom. The second-order valence-electron chi connectivity index (χ2n) is 5.42. The highest BCUT2D eigenvalue weighted by Crippen LogP contribution is 2.24. The number of amides is 1. The van der Waals surface area contributed by atoms with E-state index in [0.29, 0.717) is 13.0 Å². The molecule has 0 unspecified atom stereocenters. The van der Waals surface area contributed by atoms with Crippen LogP contribution in [-0.4, -0.2) is 30.6 Å². The lowest BCUT2D eigenvalue weighted by atomic mass is 10.1. The van der Waals surface area contributed by atoms with Gasteiger partial charge in [-0.15, -0.1) is 0 Å². The maximum Gasteiger partial charge on any atom is 0.303 e. The highest BCUT2D eigenvalue weighted by Gasteiger charge is 2.05. The monoisotopic (exact) mass is 343 g/mol. The number of nitrogens with one attached hydrogen (secondary N) is 1.